The number of hydrogen-bond donors (Lipinski definition) is 0. The third-order valence-corrected chi connectivity index (χ3v) is 6.42. The molecule has 0 aliphatic carbocycles. The molecule has 0 bridgehead atoms. The lowest BCUT2D eigenvalue weighted by molar-refractivity contribution is 0.101. The number of anilines is 1. The van der Waals surface area contributed by atoms with Crippen molar-refractivity contribution in [3.05, 3.63) is 88.4 Å². The molecule has 3 aromatic carbocycles. The Balaban J connectivity index is 2.12. The van der Waals surface area contributed by atoms with Crippen LogP contribution in [0.25, 0.3) is 0 Å². The summed E-state index contributed by atoms with van der Waals surface area (Å²) in [6.07, 6.45) is 0. The second-order valence-electron chi connectivity index (χ2n) is 6.32. The molecule has 0 aliphatic rings. The Bertz CT molecular complexity index is 1110. The van der Waals surface area contributed by atoms with Gasteiger partial charge in [0.1, 0.15) is 5.75 Å². The first-order valence-corrected chi connectivity index (χ1v) is 11.2. The molecule has 1 amide bonds. The average molecular weight is 474 g/mol. The molecule has 0 aromatic heterocycles. The van der Waals surface area contributed by atoms with Crippen molar-refractivity contribution in [1.29, 1.82) is 0 Å². The number of halogens is 1. The summed E-state index contributed by atoms with van der Waals surface area (Å²) in [5.74, 6) is -0.0464. The molecule has 150 valence electrons. The van der Waals surface area contributed by atoms with Crippen molar-refractivity contribution in [2.24, 2.45) is 0 Å². The summed E-state index contributed by atoms with van der Waals surface area (Å²) in [5.41, 5.74) is 1.41. The molecule has 29 heavy (non-hydrogen) atoms. The van der Waals surface area contributed by atoms with Gasteiger partial charge in [0.2, 0.25) is 0 Å². The highest BCUT2D eigenvalue weighted by molar-refractivity contribution is 9.10. The predicted octanol–water partition coefficient (Wildman–Crippen LogP) is 5.19. The number of benzene rings is 3. The lowest BCUT2D eigenvalue weighted by Gasteiger charge is -2.23. The van der Waals surface area contributed by atoms with Gasteiger partial charge in [0, 0.05) is 10.0 Å². The molecule has 0 fully saturated rings. The molecule has 0 saturated heterocycles. The van der Waals surface area contributed by atoms with Crippen LogP contribution in [-0.4, -0.2) is 20.9 Å². The topological polar surface area (TPSA) is 63.7 Å². The van der Waals surface area contributed by atoms with Crippen molar-refractivity contribution in [3.8, 4) is 5.75 Å². The zero-order chi connectivity index (χ0) is 21.0. The minimum Gasteiger partial charge on any atom is -0.494 e. The number of carbonyl (C=O) groups excluding carboxylic acids is 1. The number of rotatable bonds is 6. The van der Waals surface area contributed by atoms with Crippen LogP contribution < -0.4 is 9.04 Å². The maximum absolute atomic E-state index is 13.4. The van der Waals surface area contributed by atoms with Crippen LogP contribution in [0.4, 0.5) is 5.69 Å². The number of nitrogens with zero attached hydrogens (tertiary/aromatic N) is 1. The quantitative estimate of drug-likeness (QED) is 0.493. The SMILES string of the molecule is CCOc1ccc(N(C(=O)c2cccc(Br)c2)S(=O)(=O)c2ccc(C)cc2)cc1. The highest BCUT2D eigenvalue weighted by Gasteiger charge is 2.32. The largest absolute Gasteiger partial charge is 0.494 e. The number of aryl methyl sites for hydroxylation is 1. The van der Waals surface area contributed by atoms with Crippen LogP contribution in [-0.2, 0) is 10.0 Å². The summed E-state index contributed by atoms with van der Waals surface area (Å²) in [4.78, 5) is 13.3. The van der Waals surface area contributed by atoms with E-state index in [0.29, 0.717) is 16.8 Å². The number of ether oxygens (including phenoxy) is 1. The van der Waals surface area contributed by atoms with E-state index < -0.39 is 15.9 Å². The molecule has 7 heteroatoms. The molecular formula is C22H20BrNO4S. The zero-order valence-corrected chi connectivity index (χ0v) is 18.4. The van der Waals surface area contributed by atoms with Gasteiger partial charge in [-0.15, -0.1) is 0 Å². The van der Waals surface area contributed by atoms with Gasteiger partial charge in [-0.3, -0.25) is 4.79 Å². The monoisotopic (exact) mass is 473 g/mol. The van der Waals surface area contributed by atoms with Crippen LogP contribution in [0.15, 0.2) is 82.2 Å². The van der Waals surface area contributed by atoms with Crippen LogP contribution in [0.3, 0.4) is 0 Å². The average Bonchev–Trinajstić information content (AvgIpc) is 2.70. The first-order valence-electron chi connectivity index (χ1n) is 8.97. The normalized spacial score (nSPS) is 11.1. The zero-order valence-electron chi connectivity index (χ0n) is 16.0. The third-order valence-electron chi connectivity index (χ3n) is 4.20. The molecule has 3 aromatic rings. The second-order valence-corrected chi connectivity index (χ2v) is 9.03. The molecule has 0 aliphatic heterocycles. The summed E-state index contributed by atoms with van der Waals surface area (Å²) >= 11 is 3.33. The standard InChI is InChI=1S/C22H20BrNO4S/c1-3-28-20-11-9-19(10-12-20)24(22(25)17-5-4-6-18(23)15-17)29(26,27)21-13-7-16(2)8-14-21/h4-15H,3H2,1-2H3. The minimum absolute atomic E-state index is 0.0420. The molecule has 0 atom stereocenters. The first-order chi connectivity index (χ1) is 13.8. The number of sulfonamides is 1. The molecule has 5 nitrogen and oxygen atoms in total. The van der Waals surface area contributed by atoms with E-state index in [0.717, 1.165) is 9.87 Å². The summed E-state index contributed by atoms with van der Waals surface area (Å²) in [6.45, 7) is 4.22. The maximum Gasteiger partial charge on any atom is 0.272 e. The third kappa shape index (κ3) is 4.68. The number of hydrogen-bond acceptors (Lipinski definition) is 4. The Morgan fingerprint density at radius 2 is 1.66 bits per heavy atom. The van der Waals surface area contributed by atoms with Crippen LogP contribution >= 0.6 is 15.9 Å². The van der Waals surface area contributed by atoms with E-state index in [1.54, 1.807) is 60.7 Å². The molecule has 0 heterocycles. The first kappa shape index (κ1) is 21.1. The highest BCUT2D eigenvalue weighted by atomic mass is 79.9. The van der Waals surface area contributed by atoms with Crippen LogP contribution in [0, 0.1) is 6.92 Å². The van der Waals surface area contributed by atoms with Gasteiger partial charge < -0.3 is 4.74 Å². The van der Waals surface area contributed by atoms with Gasteiger partial charge in [-0.2, -0.15) is 4.31 Å². The fraction of sp³-hybridized carbons (Fsp3) is 0.136. The summed E-state index contributed by atoms with van der Waals surface area (Å²) in [6, 6.07) is 19.4. The van der Waals surface area contributed by atoms with Crippen molar-refractivity contribution in [2.75, 3.05) is 10.9 Å². The van der Waals surface area contributed by atoms with Crippen molar-refractivity contribution < 1.29 is 17.9 Å². The van der Waals surface area contributed by atoms with Gasteiger partial charge in [-0.25, -0.2) is 8.42 Å². The van der Waals surface area contributed by atoms with Gasteiger partial charge in [-0.05, 0) is 68.4 Å². The smallest absolute Gasteiger partial charge is 0.272 e. The number of amides is 1. The van der Waals surface area contributed by atoms with Gasteiger partial charge in [-0.1, -0.05) is 39.7 Å². The minimum atomic E-state index is -4.13. The van der Waals surface area contributed by atoms with E-state index in [-0.39, 0.29) is 16.1 Å². The van der Waals surface area contributed by atoms with Gasteiger partial charge in [0.25, 0.3) is 15.9 Å². The molecule has 0 spiro atoms. The molecule has 3 rings (SSSR count). The fourth-order valence-electron chi connectivity index (χ4n) is 2.76. The molecular weight excluding hydrogens is 454 g/mol. The molecule has 0 N–H and O–H groups in total. The van der Waals surface area contributed by atoms with Crippen molar-refractivity contribution in [3.63, 3.8) is 0 Å². The maximum atomic E-state index is 13.4. The van der Waals surface area contributed by atoms with E-state index in [9.17, 15) is 13.2 Å². The van der Waals surface area contributed by atoms with Crippen LogP contribution in [0.2, 0.25) is 0 Å². The van der Waals surface area contributed by atoms with Crippen LogP contribution in [0.5, 0.6) is 5.75 Å². The van der Waals surface area contributed by atoms with E-state index in [1.807, 2.05) is 13.8 Å². The van der Waals surface area contributed by atoms with Crippen molar-refractivity contribution in [2.45, 2.75) is 18.7 Å². The second kappa shape index (κ2) is 8.80. The van der Waals surface area contributed by atoms with E-state index in [1.165, 1.54) is 12.1 Å². The van der Waals surface area contributed by atoms with E-state index in [2.05, 4.69) is 15.9 Å². The Morgan fingerprint density at radius 3 is 2.24 bits per heavy atom. The lowest BCUT2D eigenvalue weighted by Crippen LogP contribution is -2.37. The lowest BCUT2D eigenvalue weighted by atomic mass is 10.2. The van der Waals surface area contributed by atoms with Crippen molar-refractivity contribution >= 4 is 37.5 Å². The van der Waals surface area contributed by atoms with Crippen LogP contribution in [0.1, 0.15) is 22.8 Å². The molecule has 0 saturated carbocycles. The summed E-state index contributed by atoms with van der Waals surface area (Å²) in [7, 11) is -4.13. The Kier molecular flexibility index (Phi) is 6.39. The van der Waals surface area contributed by atoms with Gasteiger partial charge >= 0.3 is 0 Å². The Labute approximate surface area is 179 Å². The van der Waals surface area contributed by atoms with Crippen molar-refractivity contribution in [1.82, 2.24) is 0 Å². The van der Waals surface area contributed by atoms with E-state index in [4.69, 9.17) is 4.74 Å². The fourth-order valence-corrected chi connectivity index (χ4v) is 4.58. The highest BCUT2D eigenvalue weighted by Crippen LogP contribution is 2.28. The predicted molar refractivity (Wildman–Crippen MR) is 117 cm³/mol. The molecule has 0 radical (unpaired) electrons. The number of carbonyl (C=O) groups is 1. The van der Waals surface area contributed by atoms with Gasteiger partial charge in [0.15, 0.2) is 0 Å². The Morgan fingerprint density at radius 1 is 1.00 bits per heavy atom. The van der Waals surface area contributed by atoms with E-state index >= 15 is 0 Å². The summed E-state index contributed by atoms with van der Waals surface area (Å²) < 4.78 is 33.8. The summed E-state index contributed by atoms with van der Waals surface area (Å²) in [5, 5.41) is 0. The van der Waals surface area contributed by atoms with Gasteiger partial charge in [0.05, 0.1) is 17.2 Å². The molecule has 0 unspecified atom stereocenters. The Hall–Kier alpha value is -2.64.